The van der Waals surface area contributed by atoms with Crippen molar-refractivity contribution < 1.29 is 14.3 Å². The molecule has 0 radical (unpaired) electrons. The SMILES string of the molecule is CC(C)(C)OC(=O)Nc1cc(C2CC2)ccc1CC(=O)C1(C)CC1. The Hall–Kier alpha value is -1.84. The van der Waals surface area contributed by atoms with Gasteiger partial charge in [-0.25, -0.2) is 4.79 Å². The van der Waals surface area contributed by atoms with Gasteiger partial charge in [0.15, 0.2) is 0 Å². The van der Waals surface area contributed by atoms with Crippen LogP contribution in [0.25, 0.3) is 0 Å². The Morgan fingerprint density at radius 1 is 1.25 bits per heavy atom. The summed E-state index contributed by atoms with van der Waals surface area (Å²) < 4.78 is 5.36. The van der Waals surface area contributed by atoms with Gasteiger partial charge < -0.3 is 4.74 Å². The number of ether oxygens (including phenoxy) is 1. The zero-order chi connectivity index (χ0) is 17.5. The largest absolute Gasteiger partial charge is 0.444 e. The van der Waals surface area contributed by atoms with Crippen molar-refractivity contribution in [2.45, 2.75) is 71.3 Å². The molecule has 0 spiro atoms. The second kappa shape index (κ2) is 5.91. The second-order valence-corrected chi connectivity index (χ2v) is 8.48. The highest BCUT2D eigenvalue weighted by atomic mass is 16.6. The summed E-state index contributed by atoms with van der Waals surface area (Å²) >= 11 is 0. The first-order valence-electron chi connectivity index (χ1n) is 8.82. The molecule has 24 heavy (non-hydrogen) atoms. The number of carbonyl (C=O) groups is 2. The maximum absolute atomic E-state index is 12.5. The van der Waals surface area contributed by atoms with E-state index >= 15 is 0 Å². The fraction of sp³-hybridized carbons (Fsp3) is 0.600. The minimum absolute atomic E-state index is 0.154. The molecule has 3 rings (SSSR count). The first-order chi connectivity index (χ1) is 11.2. The monoisotopic (exact) mass is 329 g/mol. The average Bonchev–Trinajstić information content (AvgIpc) is 3.33. The summed E-state index contributed by atoms with van der Waals surface area (Å²) in [4.78, 5) is 24.6. The van der Waals surface area contributed by atoms with Gasteiger partial charge in [-0.2, -0.15) is 0 Å². The third-order valence-corrected chi connectivity index (χ3v) is 4.84. The summed E-state index contributed by atoms with van der Waals surface area (Å²) in [5.74, 6) is 0.851. The molecule has 130 valence electrons. The lowest BCUT2D eigenvalue weighted by Gasteiger charge is -2.21. The van der Waals surface area contributed by atoms with E-state index in [1.54, 1.807) is 0 Å². The van der Waals surface area contributed by atoms with Crippen molar-refractivity contribution in [3.8, 4) is 0 Å². The molecule has 2 aliphatic carbocycles. The number of benzene rings is 1. The molecule has 0 bridgehead atoms. The van der Waals surface area contributed by atoms with Crippen molar-refractivity contribution in [1.29, 1.82) is 0 Å². The van der Waals surface area contributed by atoms with Crippen LogP contribution >= 0.6 is 0 Å². The number of ketones is 1. The third kappa shape index (κ3) is 4.16. The van der Waals surface area contributed by atoms with Crippen molar-refractivity contribution in [2.24, 2.45) is 5.41 Å². The van der Waals surface area contributed by atoms with Gasteiger partial charge in [-0.3, -0.25) is 10.1 Å². The lowest BCUT2D eigenvalue weighted by atomic mass is 9.95. The van der Waals surface area contributed by atoms with Crippen LogP contribution < -0.4 is 5.32 Å². The Morgan fingerprint density at radius 3 is 2.46 bits per heavy atom. The van der Waals surface area contributed by atoms with Gasteiger partial charge in [-0.1, -0.05) is 19.1 Å². The van der Waals surface area contributed by atoms with Gasteiger partial charge >= 0.3 is 6.09 Å². The molecule has 0 heterocycles. The summed E-state index contributed by atoms with van der Waals surface area (Å²) in [6, 6.07) is 6.10. The third-order valence-electron chi connectivity index (χ3n) is 4.84. The number of carbonyl (C=O) groups excluding carboxylic acids is 2. The molecule has 1 amide bonds. The Bertz CT molecular complexity index is 664. The van der Waals surface area contributed by atoms with Crippen LogP contribution in [0, 0.1) is 5.41 Å². The molecule has 4 nitrogen and oxygen atoms in total. The predicted molar refractivity (Wildman–Crippen MR) is 94.3 cm³/mol. The number of hydrogen-bond donors (Lipinski definition) is 1. The summed E-state index contributed by atoms with van der Waals surface area (Å²) in [7, 11) is 0. The Labute approximate surface area is 144 Å². The average molecular weight is 329 g/mol. The summed E-state index contributed by atoms with van der Waals surface area (Å²) in [6.45, 7) is 7.54. The number of hydrogen-bond acceptors (Lipinski definition) is 3. The Balaban J connectivity index is 1.79. The van der Waals surface area contributed by atoms with Crippen LogP contribution in [0.1, 0.15) is 70.4 Å². The van der Waals surface area contributed by atoms with Crippen molar-refractivity contribution in [3.05, 3.63) is 29.3 Å². The number of rotatable bonds is 5. The number of nitrogens with one attached hydrogen (secondary N) is 1. The molecule has 1 aromatic carbocycles. The predicted octanol–water partition coefficient (Wildman–Crippen LogP) is 4.82. The smallest absolute Gasteiger partial charge is 0.412 e. The normalized spacial score (nSPS) is 18.8. The number of amides is 1. The second-order valence-electron chi connectivity index (χ2n) is 8.48. The van der Waals surface area contributed by atoms with E-state index in [2.05, 4.69) is 11.4 Å². The van der Waals surface area contributed by atoms with E-state index in [0.717, 1.165) is 18.4 Å². The highest BCUT2D eigenvalue weighted by Gasteiger charge is 2.44. The van der Waals surface area contributed by atoms with Gasteiger partial charge in [-0.15, -0.1) is 0 Å². The van der Waals surface area contributed by atoms with Crippen LogP contribution in [-0.4, -0.2) is 17.5 Å². The lowest BCUT2D eigenvalue weighted by Crippen LogP contribution is -2.27. The van der Waals surface area contributed by atoms with E-state index in [9.17, 15) is 9.59 Å². The van der Waals surface area contributed by atoms with Gasteiger partial charge in [0, 0.05) is 17.5 Å². The first-order valence-corrected chi connectivity index (χ1v) is 8.82. The summed E-state index contributed by atoms with van der Waals surface area (Å²) in [6.07, 6.45) is 4.24. The molecule has 2 fully saturated rings. The molecule has 0 saturated heterocycles. The van der Waals surface area contributed by atoms with Crippen LogP contribution in [0.2, 0.25) is 0 Å². The van der Waals surface area contributed by atoms with E-state index in [1.165, 1.54) is 18.4 Å². The van der Waals surface area contributed by atoms with E-state index in [1.807, 2.05) is 39.8 Å². The van der Waals surface area contributed by atoms with E-state index in [-0.39, 0.29) is 11.2 Å². The van der Waals surface area contributed by atoms with Crippen LogP contribution in [-0.2, 0) is 16.0 Å². The first kappa shape index (κ1) is 17.0. The van der Waals surface area contributed by atoms with Gasteiger partial charge in [0.1, 0.15) is 11.4 Å². The molecule has 0 atom stereocenters. The zero-order valence-corrected chi connectivity index (χ0v) is 15.1. The maximum Gasteiger partial charge on any atom is 0.412 e. The van der Waals surface area contributed by atoms with Crippen LogP contribution in [0.3, 0.4) is 0 Å². The highest BCUT2D eigenvalue weighted by Crippen LogP contribution is 2.47. The van der Waals surface area contributed by atoms with Gasteiger partial charge in [-0.05, 0) is 69.6 Å². The quantitative estimate of drug-likeness (QED) is 0.842. The lowest BCUT2D eigenvalue weighted by molar-refractivity contribution is -0.122. The zero-order valence-electron chi connectivity index (χ0n) is 15.1. The summed E-state index contributed by atoms with van der Waals surface area (Å²) in [5.41, 5.74) is 2.12. The molecule has 2 saturated carbocycles. The van der Waals surface area contributed by atoms with Crippen molar-refractivity contribution in [1.82, 2.24) is 0 Å². The standard InChI is InChI=1S/C20H27NO3/c1-19(2,3)24-18(23)21-16-11-14(13-5-6-13)7-8-15(16)12-17(22)20(4)9-10-20/h7-8,11,13H,5-6,9-10,12H2,1-4H3,(H,21,23). The molecular weight excluding hydrogens is 302 g/mol. The molecule has 0 aromatic heterocycles. The van der Waals surface area contributed by atoms with Gasteiger partial charge in [0.05, 0.1) is 0 Å². The Kier molecular flexibility index (Phi) is 4.18. The number of Topliss-reactive ketones (excluding diaryl/α,β-unsaturated/α-hetero) is 1. The van der Waals surface area contributed by atoms with E-state index < -0.39 is 11.7 Å². The molecule has 4 heteroatoms. The Morgan fingerprint density at radius 2 is 1.92 bits per heavy atom. The van der Waals surface area contributed by atoms with Crippen LogP contribution in [0.4, 0.5) is 10.5 Å². The van der Waals surface area contributed by atoms with Gasteiger partial charge in [0.2, 0.25) is 0 Å². The topological polar surface area (TPSA) is 55.4 Å². The molecule has 1 N–H and O–H groups in total. The molecule has 2 aliphatic rings. The molecule has 0 aliphatic heterocycles. The fourth-order valence-corrected chi connectivity index (χ4v) is 2.80. The molecule has 0 unspecified atom stereocenters. The molecule has 1 aromatic rings. The summed E-state index contributed by atoms with van der Waals surface area (Å²) in [5, 5.41) is 2.85. The van der Waals surface area contributed by atoms with E-state index in [4.69, 9.17) is 4.74 Å². The van der Waals surface area contributed by atoms with Crippen molar-refractivity contribution >= 4 is 17.6 Å². The van der Waals surface area contributed by atoms with E-state index in [0.29, 0.717) is 18.0 Å². The fourth-order valence-electron chi connectivity index (χ4n) is 2.80. The highest BCUT2D eigenvalue weighted by molar-refractivity contribution is 5.92. The van der Waals surface area contributed by atoms with Crippen molar-refractivity contribution in [2.75, 3.05) is 5.32 Å². The minimum Gasteiger partial charge on any atom is -0.444 e. The minimum atomic E-state index is -0.546. The molecular formula is C20H27NO3. The van der Waals surface area contributed by atoms with Gasteiger partial charge in [0.25, 0.3) is 0 Å². The van der Waals surface area contributed by atoms with Crippen LogP contribution in [0.15, 0.2) is 18.2 Å². The number of anilines is 1. The van der Waals surface area contributed by atoms with Crippen LogP contribution in [0.5, 0.6) is 0 Å². The maximum atomic E-state index is 12.5. The van der Waals surface area contributed by atoms with Crippen molar-refractivity contribution in [3.63, 3.8) is 0 Å².